The maximum atomic E-state index is 5.55. The third-order valence-electron chi connectivity index (χ3n) is 2.68. The predicted octanol–water partition coefficient (Wildman–Crippen LogP) is 2.99. The zero-order chi connectivity index (χ0) is 11.6. The average molecular weight is 215 g/mol. The summed E-state index contributed by atoms with van der Waals surface area (Å²) in [4.78, 5) is 4.61. The highest BCUT2D eigenvalue weighted by molar-refractivity contribution is 5.93. The molecule has 84 valence electrons. The molecule has 1 unspecified atom stereocenters. The van der Waals surface area contributed by atoms with Crippen LogP contribution in [0, 0.1) is 0 Å². The van der Waals surface area contributed by atoms with Gasteiger partial charge in [0.2, 0.25) is 5.90 Å². The highest BCUT2D eigenvalue weighted by Crippen LogP contribution is 2.24. The smallest absolute Gasteiger partial charge is 0.211 e. The summed E-state index contributed by atoms with van der Waals surface area (Å²) in [6, 6.07) is 10.4. The number of ether oxygens (including phenoxy) is 1. The largest absolute Gasteiger partial charge is 0.475 e. The van der Waals surface area contributed by atoms with Crippen LogP contribution < -0.4 is 0 Å². The summed E-state index contributed by atoms with van der Waals surface area (Å²) < 4.78 is 5.55. The van der Waals surface area contributed by atoms with Crippen molar-refractivity contribution in [2.24, 2.45) is 4.99 Å². The van der Waals surface area contributed by atoms with E-state index in [9.17, 15) is 0 Å². The van der Waals surface area contributed by atoms with Gasteiger partial charge in [-0.25, -0.2) is 4.99 Å². The van der Waals surface area contributed by atoms with Gasteiger partial charge >= 0.3 is 0 Å². The molecule has 16 heavy (non-hydrogen) atoms. The first-order valence-electron chi connectivity index (χ1n) is 5.51. The molecule has 1 aromatic rings. The van der Waals surface area contributed by atoms with Crippen molar-refractivity contribution in [2.45, 2.75) is 25.8 Å². The van der Waals surface area contributed by atoms with Gasteiger partial charge in [-0.3, -0.25) is 0 Å². The van der Waals surface area contributed by atoms with Crippen molar-refractivity contribution in [3.8, 4) is 0 Å². The van der Waals surface area contributed by atoms with Crippen LogP contribution in [0.15, 0.2) is 47.5 Å². The molecule has 0 aromatic heterocycles. The lowest BCUT2D eigenvalue weighted by atomic mass is 9.95. The predicted molar refractivity (Wildman–Crippen MR) is 66.8 cm³/mol. The summed E-state index contributed by atoms with van der Waals surface area (Å²) in [5.41, 5.74) is 2.05. The lowest BCUT2D eigenvalue weighted by molar-refractivity contribution is 0.266. The van der Waals surface area contributed by atoms with Gasteiger partial charge < -0.3 is 4.74 Å². The molecule has 2 heteroatoms. The van der Waals surface area contributed by atoms with E-state index in [1.165, 1.54) is 5.56 Å². The molecule has 2 rings (SSSR count). The molecule has 1 aromatic carbocycles. The fourth-order valence-electron chi connectivity index (χ4n) is 1.88. The summed E-state index contributed by atoms with van der Waals surface area (Å²) in [5, 5.41) is 0. The van der Waals surface area contributed by atoms with E-state index in [0.29, 0.717) is 12.5 Å². The Balaban J connectivity index is 2.14. The second kappa shape index (κ2) is 4.12. The molecule has 0 aliphatic carbocycles. The van der Waals surface area contributed by atoms with Gasteiger partial charge in [0.15, 0.2) is 0 Å². The van der Waals surface area contributed by atoms with Crippen molar-refractivity contribution in [1.82, 2.24) is 0 Å². The molecule has 0 spiro atoms. The molecule has 1 heterocycles. The molecule has 2 nitrogen and oxygen atoms in total. The van der Waals surface area contributed by atoms with Gasteiger partial charge in [-0.15, -0.1) is 0 Å². The molecule has 0 amide bonds. The van der Waals surface area contributed by atoms with Crippen LogP contribution in [0.1, 0.15) is 19.4 Å². The normalized spacial score (nSPS) is 23.8. The zero-order valence-corrected chi connectivity index (χ0v) is 9.86. The summed E-state index contributed by atoms with van der Waals surface area (Å²) in [6.45, 7) is 8.54. The SMILES string of the molecule is C=C(C)C1=NC(C)(Cc2ccccc2)CO1. The van der Waals surface area contributed by atoms with Crippen LogP contribution in [-0.2, 0) is 11.2 Å². The molecule has 1 aliphatic heterocycles. The van der Waals surface area contributed by atoms with E-state index in [1.54, 1.807) is 0 Å². The highest BCUT2D eigenvalue weighted by atomic mass is 16.5. The molecular formula is C14H17NO. The Morgan fingerprint density at radius 3 is 2.69 bits per heavy atom. The van der Waals surface area contributed by atoms with E-state index in [-0.39, 0.29) is 5.54 Å². The van der Waals surface area contributed by atoms with Gasteiger partial charge in [0.1, 0.15) is 6.61 Å². The van der Waals surface area contributed by atoms with E-state index in [4.69, 9.17) is 4.74 Å². The van der Waals surface area contributed by atoms with Gasteiger partial charge in [-0.2, -0.15) is 0 Å². The average Bonchev–Trinajstić information content (AvgIpc) is 2.62. The minimum absolute atomic E-state index is 0.143. The van der Waals surface area contributed by atoms with Crippen molar-refractivity contribution in [3.63, 3.8) is 0 Å². The standard InChI is InChI=1S/C14H17NO/c1-11(2)13-15-14(3,10-16-13)9-12-7-5-4-6-8-12/h4-8H,1,9-10H2,2-3H3. The summed E-state index contributed by atoms with van der Waals surface area (Å²) >= 11 is 0. The third-order valence-corrected chi connectivity index (χ3v) is 2.68. The second-order valence-corrected chi connectivity index (χ2v) is 4.65. The zero-order valence-electron chi connectivity index (χ0n) is 9.86. The molecule has 0 bridgehead atoms. The Labute approximate surface area is 96.7 Å². The minimum atomic E-state index is -0.143. The molecule has 0 radical (unpaired) electrons. The van der Waals surface area contributed by atoms with Crippen LogP contribution in [0.5, 0.6) is 0 Å². The van der Waals surface area contributed by atoms with E-state index in [1.807, 2.05) is 13.0 Å². The first kappa shape index (κ1) is 10.9. The Kier molecular flexibility index (Phi) is 2.82. The van der Waals surface area contributed by atoms with E-state index < -0.39 is 0 Å². The van der Waals surface area contributed by atoms with Gasteiger partial charge in [0.05, 0.1) is 5.54 Å². The molecule has 0 saturated carbocycles. The topological polar surface area (TPSA) is 21.6 Å². The second-order valence-electron chi connectivity index (χ2n) is 4.65. The molecule has 0 saturated heterocycles. The Bertz CT molecular complexity index is 422. The maximum Gasteiger partial charge on any atom is 0.211 e. The first-order valence-corrected chi connectivity index (χ1v) is 5.51. The summed E-state index contributed by atoms with van der Waals surface area (Å²) in [5.74, 6) is 0.707. The van der Waals surface area contributed by atoms with Crippen LogP contribution in [0.2, 0.25) is 0 Å². The van der Waals surface area contributed by atoms with E-state index in [2.05, 4.69) is 42.8 Å². The van der Waals surface area contributed by atoms with Crippen LogP contribution >= 0.6 is 0 Å². The first-order chi connectivity index (χ1) is 7.59. The van der Waals surface area contributed by atoms with Gasteiger partial charge in [-0.05, 0) is 19.4 Å². The monoisotopic (exact) mass is 215 g/mol. The van der Waals surface area contributed by atoms with Gasteiger partial charge in [0, 0.05) is 12.0 Å². The molecule has 1 atom stereocenters. The number of nitrogens with zero attached hydrogens (tertiary/aromatic N) is 1. The highest BCUT2D eigenvalue weighted by Gasteiger charge is 2.31. The van der Waals surface area contributed by atoms with Crippen molar-refractivity contribution >= 4 is 5.90 Å². The quantitative estimate of drug-likeness (QED) is 0.759. The van der Waals surface area contributed by atoms with Crippen LogP contribution in [0.4, 0.5) is 0 Å². The lowest BCUT2D eigenvalue weighted by Gasteiger charge is -2.17. The maximum absolute atomic E-state index is 5.55. The van der Waals surface area contributed by atoms with Crippen LogP contribution in [0.3, 0.4) is 0 Å². The molecule has 0 N–H and O–H groups in total. The van der Waals surface area contributed by atoms with Crippen molar-refractivity contribution < 1.29 is 4.74 Å². The van der Waals surface area contributed by atoms with Crippen LogP contribution in [-0.4, -0.2) is 18.0 Å². The number of hydrogen-bond acceptors (Lipinski definition) is 2. The molecular weight excluding hydrogens is 198 g/mol. The number of benzene rings is 1. The summed E-state index contributed by atoms with van der Waals surface area (Å²) in [7, 11) is 0. The lowest BCUT2D eigenvalue weighted by Crippen LogP contribution is -2.26. The van der Waals surface area contributed by atoms with Crippen LogP contribution in [0.25, 0.3) is 0 Å². The fraction of sp³-hybridized carbons (Fsp3) is 0.357. The molecule has 1 aliphatic rings. The Morgan fingerprint density at radius 1 is 1.44 bits per heavy atom. The number of hydrogen-bond donors (Lipinski definition) is 0. The van der Waals surface area contributed by atoms with Crippen molar-refractivity contribution in [1.29, 1.82) is 0 Å². The van der Waals surface area contributed by atoms with E-state index >= 15 is 0 Å². The van der Waals surface area contributed by atoms with E-state index in [0.717, 1.165) is 12.0 Å². The van der Waals surface area contributed by atoms with Gasteiger partial charge in [-0.1, -0.05) is 36.9 Å². The summed E-state index contributed by atoms with van der Waals surface area (Å²) in [6.07, 6.45) is 0.907. The molecule has 0 fully saturated rings. The number of rotatable bonds is 3. The van der Waals surface area contributed by atoms with Crippen molar-refractivity contribution in [3.05, 3.63) is 48.0 Å². The number of aliphatic imine (C=N–C) groups is 1. The third kappa shape index (κ3) is 2.32. The minimum Gasteiger partial charge on any atom is -0.475 e. The Hall–Kier alpha value is -1.57. The van der Waals surface area contributed by atoms with Crippen molar-refractivity contribution in [2.75, 3.05) is 6.61 Å². The van der Waals surface area contributed by atoms with Gasteiger partial charge in [0.25, 0.3) is 0 Å². The Morgan fingerprint density at radius 2 is 2.12 bits per heavy atom. The fourth-order valence-corrected chi connectivity index (χ4v) is 1.88.